The summed E-state index contributed by atoms with van der Waals surface area (Å²) < 4.78 is 32.9. The molecule has 0 spiro atoms. The van der Waals surface area contributed by atoms with Crippen molar-refractivity contribution in [3.05, 3.63) is 53.2 Å². The van der Waals surface area contributed by atoms with E-state index < -0.39 is 15.9 Å². The molecule has 8 nitrogen and oxygen atoms in total. The van der Waals surface area contributed by atoms with Gasteiger partial charge in [0.1, 0.15) is 0 Å². The Morgan fingerprint density at radius 1 is 1.28 bits per heavy atom. The molecule has 1 aromatic carbocycles. The number of hydrogen-bond acceptors (Lipinski definition) is 7. The maximum atomic E-state index is 13.2. The molecule has 0 bridgehead atoms. The molecule has 10 heteroatoms. The topological polar surface area (TPSA) is 96.6 Å². The van der Waals surface area contributed by atoms with Crippen molar-refractivity contribution in [3.63, 3.8) is 0 Å². The lowest BCUT2D eigenvalue weighted by Crippen LogP contribution is -2.46. The number of aromatic nitrogens is 2. The minimum Gasteiger partial charge on any atom is -0.337 e. The molecule has 32 heavy (non-hydrogen) atoms. The summed E-state index contributed by atoms with van der Waals surface area (Å²) in [5.41, 5.74) is 0.998. The minimum atomic E-state index is -3.64. The van der Waals surface area contributed by atoms with Gasteiger partial charge < -0.3 is 9.42 Å². The fourth-order valence-corrected chi connectivity index (χ4v) is 5.99. The van der Waals surface area contributed by atoms with Gasteiger partial charge in [-0.2, -0.15) is 9.29 Å². The summed E-state index contributed by atoms with van der Waals surface area (Å²) in [6.07, 6.45) is 1.29. The highest BCUT2D eigenvalue weighted by Gasteiger charge is 2.35. The van der Waals surface area contributed by atoms with E-state index >= 15 is 0 Å². The number of sulfonamides is 1. The van der Waals surface area contributed by atoms with Gasteiger partial charge in [0.2, 0.25) is 27.6 Å². The lowest BCUT2D eigenvalue weighted by molar-refractivity contribution is -0.137. The van der Waals surface area contributed by atoms with Crippen LogP contribution in [0.2, 0.25) is 0 Å². The minimum absolute atomic E-state index is 0.0906. The summed E-state index contributed by atoms with van der Waals surface area (Å²) in [5, 5.41) is 5.94. The van der Waals surface area contributed by atoms with Crippen LogP contribution in [0.3, 0.4) is 0 Å². The maximum absolute atomic E-state index is 13.2. The third-order valence-corrected chi connectivity index (χ3v) is 8.37. The molecule has 0 N–H and O–H groups in total. The number of rotatable bonds is 7. The van der Waals surface area contributed by atoms with Gasteiger partial charge in [-0.05, 0) is 50.3 Å². The van der Waals surface area contributed by atoms with Gasteiger partial charge in [0.25, 0.3) is 0 Å². The van der Waals surface area contributed by atoms with E-state index in [2.05, 4.69) is 10.1 Å². The highest BCUT2D eigenvalue weighted by molar-refractivity contribution is 7.89. The molecule has 1 aliphatic rings. The number of aryl methyl sites for hydroxylation is 1. The second-order valence-electron chi connectivity index (χ2n) is 7.86. The number of piperidine rings is 1. The van der Waals surface area contributed by atoms with Gasteiger partial charge in [-0.1, -0.05) is 28.9 Å². The van der Waals surface area contributed by atoms with Crippen LogP contribution < -0.4 is 0 Å². The third kappa shape index (κ3) is 4.77. The number of carbonyl (C=O) groups excluding carboxylic acids is 1. The van der Waals surface area contributed by atoms with Crippen LogP contribution in [0.15, 0.2) is 51.2 Å². The SMILES string of the molecule is CCN(Cc1nc(-c2cccs2)no1)C(=O)[C@@H]1CCCN(S(=O)(=O)c2ccc(C)cc2)C1. The first-order valence-electron chi connectivity index (χ1n) is 10.6. The summed E-state index contributed by atoms with van der Waals surface area (Å²) in [5.74, 6) is 0.380. The largest absolute Gasteiger partial charge is 0.337 e. The molecule has 0 radical (unpaired) electrons. The highest BCUT2D eigenvalue weighted by atomic mass is 32.2. The smallest absolute Gasteiger partial charge is 0.246 e. The molecule has 1 atom stereocenters. The number of hydrogen-bond donors (Lipinski definition) is 0. The Morgan fingerprint density at radius 3 is 2.75 bits per heavy atom. The van der Waals surface area contributed by atoms with Crippen LogP contribution >= 0.6 is 11.3 Å². The zero-order valence-electron chi connectivity index (χ0n) is 18.1. The molecule has 3 aromatic rings. The van der Waals surface area contributed by atoms with Crippen molar-refractivity contribution in [3.8, 4) is 10.7 Å². The van der Waals surface area contributed by atoms with Gasteiger partial charge in [-0.15, -0.1) is 11.3 Å². The van der Waals surface area contributed by atoms with Crippen molar-refractivity contribution in [2.45, 2.75) is 38.1 Å². The van der Waals surface area contributed by atoms with E-state index in [4.69, 9.17) is 4.52 Å². The van der Waals surface area contributed by atoms with Crippen molar-refractivity contribution < 1.29 is 17.7 Å². The molecule has 3 heterocycles. The highest BCUT2D eigenvalue weighted by Crippen LogP contribution is 2.26. The van der Waals surface area contributed by atoms with Crippen molar-refractivity contribution in [2.75, 3.05) is 19.6 Å². The molecular formula is C22H26N4O4S2. The molecule has 1 aliphatic heterocycles. The fourth-order valence-electron chi connectivity index (χ4n) is 3.81. The number of carbonyl (C=O) groups is 1. The normalized spacial score (nSPS) is 17.4. The first kappa shape index (κ1) is 22.6. The first-order chi connectivity index (χ1) is 15.4. The van der Waals surface area contributed by atoms with Gasteiger partial charge in [0.15, 0.2) is 0 Å². The van der Waals surface area contributed by atoms with Gasteiger partial charge in [0.05, 0.1) is 22.2 Å². The predicted octanol–water partition coefficient (Wildman–Crippen LogP) is 3.56. The number of benzene rings is 1. The summed E-state index contributed by atoms with van der Waals surface area (Å²) in [4.78, 5) is 20.5. The van der Waals surface area contributed by atoms with Crippen molar-refractivity contribution >= 4 is 27.3 Å². The molecule has 170 valence electrons. The number of nitrogens with zero attached hydrogens (tertiary/aromatic N) is 4. The van der Waals surface area contributed by atoms with Crippen molar-refractivity contribution in [2.24, 2.45) is 5.92 Å². The van der Waals surface area contributed by atoms with Gasteiger partial charge in [-0.3, -0.25) is 4.79 Å². The van der Waals surface area contributed by atoms with Crippen LogP contribution in [-0.2, 0) is 21.4 Å². The van der Waals surface area contributed by atoms with Crippen molar-refractivity contribution in [1.82, 2.24) is 19.3 Å². The van der Waals surface area contributed by atoms with E-state index in [0.29, 0.717) is 37.6 Å². The lowest BCUT2D eigenvalue weighted by Gasteiger charge is -2.33. The van der Waals surface area contributed by atoms with E-state index in [-0.39, 0.29) is 23.9 Å². The molecule has 4 rings (SSSR count). The quantitative estimate of drug-likeness (QED) is 0.520. The van der Waals surface area contributed by atoms with Crippen LogP contribution in [0.1, 0.15) is 31.2 Å². The van der Waals surface area contributed by atoms with E-state index in [9.17, 15) is 13.2 Å². The Hall–Kier alpha value is -2.56. The predicted molar refractivity (Wildman–Crippen MR) is 121 cm³/mol. The lowest BCUT2D eigenvalue weighted by atomic mass is 9.98. The van der Waals surface area contributed by atoms with Gasteiger partial charge in [0, 0.05) is 19.6 Å². The molecular weight excluding hydrogens is 448 g/mol. The van der Waals surface area contributed by atoms with Gasteiger partial charge >= 0.3 is 0 Å². The molecule has 1 saturated heterocycles. The Kier molecular flexibility index (Phi) is 6.73. The summed E-state index contributed by atoms with van der Waals surface area (Å²) in [7, 11) is -3.64. The Morgan fingerprint density at radius 2 is 2.06 bits per heavy atom. The molecule has 0 saturated carbocycles. The van der Waals surface area contributed by atoms with Gasteiger partial charge in [-0.25, -0.2) is 8.42 Å². The molecule has 1 amide bonds. The number of amides is 1. The average molecular weight is 475 g/mol. The van der Waals surface area contributed by atoms with Crippen LogP contribution in [0.25, 0.3) is 10.7 Å². The number of thiophene rings is 1. The second kappa shape index (κ2) is 9.51. The van der Waals surface area contributed by atoms with Crippen LogP contribution in [0.4, 0.5) is 0 Å². The fraction of sp³-hybridized carbons (Fsp3) is 0.409. The van der Waals surface area contributed by atoms with E-state index in [1.807, 2.05) is 31.4 Å². The van der Waals surface area contributed by atoms with E-state index in [1.54, 1.807) is 29.2 Å². The average Bonchev–Trinajstić information content (AvgIpc) is 3.49. The maximum Gasteiger partial charge on any atom is 0.246 e. The zero-order chi connectivity index (χ0) is 22.7. The molecule has 1 fully saturated rings. The Balaban J connectivity index is 1.45. The molecule has 0 aliphatic carbocycles. The monoisotopic (exact) mass is 474 g/mol. The Labute approximate surface area is 191 Å². The molecule has 2 aromatic heterocycles. The molecule has 0 unspecified atom stereocenters. The van der Waals surface area contributed by atoms with Crippen LogP contribution in [0, 0.1) is 12.8 Å². The van der Waals surface area contributed by atoms with E-state index in [1.165, 1.54) is 15.6 Å². The third-order valence-electron chi connectivity index (χ3n) is 5.62. The second-order valence-corrected chi connectivity index (χ2v) is 10.7. The Bertz CT molecular complexity index is 1160. The van der Waals surface area contributed by atoms with Crippen LogP contribution in [-0.4, -0.2) is 53.3 Å². The van der Waals surface area contributed by atoms with E-state index in [0.717, 1.165) is 10.4 Å². The van der Waals surface area contributed by atoms with Crippen molar-refractivity contribution in [1.29, 1.82) is 0 Å². The van der Waals surface area contributed by atoms with Crippen LogP contribution in [0.5, 0.6) is 0 Å². The zero-order valence-corrected chi connectivity index (χ0v) is 19.7. The summed E-state index contributed by atoms with van der Waals surface area (Å²) in [6, 6.07) is 10.6. The summed E-state index contributed by atoms with van der Waals surface area (Å²) >= 11 is 1.52. The summed E-state index contributed by atoms with van der Waals surface area (Å²) in [6.45, 7) is 5.07. The first-order valence-corrected chi connectivity index (χ1v) is 12.9. The standard InChI is InChI=1S/C22H26N4O4S2/c1-3-25(15-20-23-21(24-30-20)19-7-5-13-31-19)22(27)17-6-4-12-26(14-17)32(28,29)18-10-8-16(2)9-11-18/h5,7-11,13,17H,3-4,6,12,14-15H2,1-2H3/t17-/m1/s1.